The number of amides is 1. The van der Waals surface area contributed by atoms with E-state index in [0.29, 0.717) is 12.6 Å². The molecular weight excluding hydrogens is 178 g/mol. The highest BCUT2D eigenvalue weighted by Crippen LogP contribution is 2.35. The molecule has 80 valence electrons. The molecule has 1 amide bonds. The van der Waals surface area contributed by atoms with Gasteiger partial charge in [-0.2, -0.15) is 0 Å². The van der Waals surface area contributed by atoms with Crippen LogP contribution in [0.2, 0.25) is 0 Å². The van der Waals surface area contributed by atoms with Crippen LogP contribution in [0.25, 0.3) is 0 Å². The number of likely N-dealkylation sites (tertiary alicyclic amines) is 1. The maximum Gasteiger partial charge on any atom is 0.248 e. The second-order valence-electron chi connectivity index (χ2n) is 4.44. The minimum Gasteiger partial charge on any atom is -0.293 e. The van der Waals surface area contributed by atoms with E-state index in [9.17, 15) is 4.79 Å². The van der Waals surface area contributed by atoms with Crippen molar-refractivity contribution in [3.63, 3.8) is 0 Å². The van der Waals surface area contributed by atoms with Gasteiger partial charge in [0.15, 0.2) is 0 Å². The number of nitrogens with one attached hydrogen (secondary N) is 1. The monoisotopic (exact) mass is 197 g/mol. The SMILES string of the molecule is NNC(=O)CN1CCC2CCCCC21. The number of rotatable bonds is 2. The molecule has 2 atom stereocenters. The van der Waals surface area contributed by atoms with Crippen LogP contribution in [0.5, 0.6) is 0 Å². The first-order valence-electron chi connectivity index (χ1n) is 5.55. The lowest BCUT2D eigenvalue weighted by atomic mass is 9.85. The minimum atomic E-state index is -0.0591. The Bertz CT molecular complexity index is 219. The Balaban J connectivity index is 1.90. The zero-order valence-electron chi connectivity index (χ0n) is 8.54. The molecule has 0 aromatic heterocycles. The average molecular weight is 197 g/mol. The van der Waals surface area contributed by atoms with Crippen molar-refractivity contribution in [2.45, 2.75) is 38.1 Å². The molecule has 1 saturated heterocycles. The van der Waals surface area contributed by atoms with Crippen LogP contribution in [-0.2, 0) is 4.79 Å². The van der Waals surface area contributed by atoms with Crippen molar-refractivity contribution in [3.8, 4) is 0 Å². The lowest BCUT2D eigenvalue weighted by molar-refractivity contribution is -0.122. The lowest BCUT2D eigenvalue weighted by Crippen LogP contribution is -2.43. The molecule has 1 heterocycles. The van der Waals surface area contributed by atoms with Crippen molar-refractivity contribution in [2.75, 3.05) is 13.1 Å². The number of carbonyl (C=O) groups is 1. The van der Waals surface area contributed by atoms with E-state index in [4.69, 9.17) is 5.84 Å². The normalized spacial score (nSPS) is 32.6. The maximum absolute atomic E-state index is 11.2. The molecular formula is C10H19N3O. The van der Waals surface area contributed by atoms with Gasteiger partial charge in [-0.1, -0.05) is 12.8 Å². The highest BCUT2D eigenvalue weighted by Gasteiger charge is 2.35. The molecule has 2 rings (SSSR count). The Kier molecular flexibility index (Phi) is 3.03. The Labute approximate surface area is 84.8 Å². The number of carbonyl (C=O) groups excluding carboxylic acids is 1. The number of nitrogens with zero attached hydrogens (tertiary/aromatic N) is 1. The first kappa shape index (κ1) is 9.93. The van der Waals surface area contributed by atoms with E-state index in [1.165, 1.54) is 32.1 Å². The molecule has 0 radical (unpaired) electrons. The summed E-state index contributed by atoms with van der Waals surface area (Å²) in [6.45, 7) is 1.56. The predicted octanol–water partition coefficient (Wildman–Crippen LogP) is 0.241. The maximum atomic E-state index is 11.2. The Hall–Kier alpha value is -0.610. The fourth-order valence-electron chi connectivity index (χ4n) is 2.93. The lowest BCUT2D eigenvalue weighted by Gasteiger charge is -2.31. The van der Waals surface area contributed by atoms with Crippen molar-refractivity contribution in [2.24, 2.45) is 11.8 Å². The topological polar surface area (TPSA) is 58.4 Å². The van der Waals surface area contributed by atoms with Gasteiger partial charge in [-0.3, -0.25) is 15.1 Å². The summed E-state index contributed by atoms with van der Waals surface area (Å²) in [4.78, 5) is 13.5. The summed E-state index contributed by atoms with van der Waals surface area (Å²) in [5.74, 6) is 5.87. The quantitative estimate of drug-likeness (QED) is 0.379. The molecule has 0 bridgehead atoms. The van der Waals surface area contributed by atoms with Crippen molar-refractivity contribution in [1.82, 2.24) is 10.3 Å². The van der Waals surface area contributed by atoms with Crippen molar-refractivity contribution < 1.29 is 4.79 Å². The van der Waals surface area contributed by atoms with Gasteiger partial charge in [-0.15, -0.1) is 0 Å². The largest absolute Gasteiger partial charge is 0.293 e. The van der Waals surface area contributed by atoms with E-state index in [0.717, 1.165) is 12.5 Å². The van der Waals surface area contributed by atoms with Gasteiger partial charge < -0.3 is 0 Å². The average Bonchev–Trinajstić information content (AvgIpc) is 2.62. The highest BCUT2D eigenvalue weighted by atomic mass is 16.2. The molecule has 4 nitrogen and oxygen atoms in total. The smallest absolute Gasteiger partial charge is 0.248 e. The van der Waals surface area contributed by atoms with E-state index >= 15 is 0 Å². The fourth-order valence-corrected chi connectivity index (χ4v) is 2.93. The molecule has 2 unspecified atom stereocenters. The Morgan fingerprint density at radius 2 is 2.14 bits per heavy atom. The number of hydrogen-bond donors (Lipinski definition) is 2. The molecule has 4 heteroatoms. The molecule has 1 saturated carbocycles. The molecule has 0 aromatic rings. The highest BCUT2D eigenvalue weighted by molar-refractivity contribution is 5.77. The molecule has 0 spiro atoms. The van der Waals surface area contributed by atoms with Gasteiger partial charge in [-0.25, -0.2) is 5.84 Å². The molecule has 3 N–H and O–H groups in total. The second kappa shape index (κ2) is 4.28. The van der Waals surface area contributed by atoms with Gasteiger partial charge in [0.05, 0.1) is 6.54 Å². The summed E-state index contributed by atoms with van der Waals surface area (Å²) < 4.78 is 0. The summed E-state index contributed by atoms with van der Waals surface area (Å²) in [5.41, 5.74) is 2.21. The molecule has 2 fully saturated rings. The van der Waals surface area contributed by atoms with Crippen LogP contribution < -0.4 is 11.3 Å². The number of hydrogen-bond acceptors (Lipinski definition) is 3. The van der Waals surface area contributed by atoms with Crippen molar-refractivity contribution in [3.05, 3.63) is 0 Å². The third kappa shape index (κ3) is 1.91. The van der Waals surface area contributed by atoms with Gasteiger partial charge in [0, 0.05) is 6.04 Å². The summed E-state index contributed by atoms with van der Waals surface area (Å²) >= 11 is 0. The zero-order valence-corrected chi connectivity index (χ0v) is 8.54. The van der Waals surface area contributed by atoms with Gasteiger partial charge in [-0.05, 0) is 31.7 Å². The molecule has 1 aliphatic heterocycles. The summed E-state index contributed by atoms with van der Waals surface area (Å²) in [5, 5.41) is 0. The summed E-state index contributed by atoms with van der Waals surface area (Å²) in [6.07, 6.45) is 6.58. The van der Waals surface area contributed by atoms with E-state index in [1.54, 1.807) is 0 Å². The minimum absolute atomic E-state index is 0.0591. The molecule has 14 heavy (non-hydrogen) atoms. The summed E-state index contributed by atoms with van der Waals surface area (Å²) in [7, 11) is 0. The third-order valence-electron chi connectivity index (χ3n) is 3.63. The summed E-state index contributed by atoms with van der Waals surface area (Å²) in [6, 6.07) is 0.654. The first-order chi connectivity index (χ1) is 6.81. The first-order valence-corrected chi connectivity index (χ1v) is 5.55. The van der Waals surface area contributed by atoms with Crippen LogP contribution in [0, 0.1) is 5.92 Å². The van der Waals surface area contributed by atoms with Crippen LogP contribution in [0.4, 0.5) is 0 Å². The number of hydrazine groups is 1. The van der Waals surface area contributed by atoms with Crippen LogP contribution >= 0.6 is 0 Å². The van der Waals surface area contributed by atoms with Gasteiger partial charge in [0.1, 0.15) is 0 Å². The molecule has 2 aliphatic rings. The molecule has 0 aromatic carbocycles. The van der Waals surface area contributed by atoms with Crippen LogP contribution in [0.3, 0.4) is 0 Å². The standard InChI is InChI=1S/C10H19N3O/c11-12-10(14)7-13-6-5-8-3-1-2-4-9(8)13/h8-9H,1-7,11H2,(H,12,14). The van der Waals surface area contributed by atoms with Crippen LogP contribution in [-0.4, -0.2) is 29.9 Å². The zero-order chi connectivity index (χ0) is 9.97. The third-order valence-corrected chi connectivity index (χ3v) is 3.63. The molecule has 1 aliphatic carbocycles. The van der Waals surface area contributed by atoms with Gasteiger partial charge >= 0.3 is 0 Å². The fraction of sp³-hybridized carbons (Fsp3) is 0.900. The van der Waals surface area contributed by atoms with E-state index in [-0.39, 0.29) is 5.91 Å². The number of fused-ring (bicyclic) bond motifs is 1. The van der Waals surface area contributed by atoms with E-state index in [1.807, 2.05) is 0 Å². The van der Waals surface area contributed by atoms with Gasteiger partial charge in [0.2, 0.25) is 5.91 Å². The van der Waals surface area contributed by atoms with Crippen LogP contribution in [0.15, 0.2) is 0 Å². The van der Waals surface area contributed by atoms with Gasteiger partial charge in [0.25, 0.3) is 0 Å². The predicted molar refractivity (Wildman–Crippen MR) is 54.3 cm³/mol. The van der Waals surface area contributed by atoms with Crippen LogP contribution in [0.1, 0.15) is 32.1 Å². The Morgan fingerprint density at radius 3 is 2.93 bits per heavy atom. The van der Waals surface area contributed by atoms with Crippen molar-refractivity contribution >= 4 is 5.91 Å². The van der Waals surface area contributed by atoms with E-state index < -0.39 is 0 Å². The van der Waals surface area contributed by atoms with Crippen molar-refractivity contribution in [1.29, 1.82) is 0 Å². The second-order valence-corrected chi connectivity index (χ2v) is 4.44. The van der Waals surface area contributed by atoms with E-state index in [2.05, 4.69) is 10.3 Å². The number of nitrogens with two attached hydrogens (primary N) is 1. The Morgan fingerprint density at radius 1 is 1.36 bits per heavy atom.